The molecular formula is C12H25N3. The summed E-state index contributed by atoms with van der Waals surface area (Å²) in [5, 5.41) is 0. The van der Waals surface area contributed by atoms with Gasteiger partial charge in [0.1, 0.15) is 0 Å². The Labute approximate surface area is 93.7 Å². The maximum Gasteiger partial charge on any atom is 0.191 e. The first kappa shape index (κ1) is 12.3. The van der Waals surface area contributed by atoms with E-state index in [-0.39, 0.29) is 0 Å². The van der Waals surface area contributed by atoms with E-state index in [1.54, 1.807) is 0 Å². The zero-order chi connectivity index (χ0) is 11.1. The van der Waals surface area contributed by atoms with Crippen LogP contribution in [0.2, 0.25) is 0 Å². The summed E-state index contributed by atoms with van der Waals surface area (Å²) < 4.78 is 0. The summed E-state index contributed by atoms with van der Waals surface area (Å²) >= 11 is 0. The van der Waals surface area contributed by atoms with E-state index in [4.69, 9.17) is 5.73 Å². The number of unbranched alkanes of at least 4 members (excludes halogenated alkanes) is 2. The molecule has 0 aromatic carbocycles. The zero-order valence-electron chi connectivity index (χ0n) is 10.2. The quantitative estimate of drug-likeness (QED) is 0.440. The Morgan fingerprint density at radius 1 is 1.47 bits per heavy atom. The molecule has 1 atom stereocenters. The van der Waals surface area contributed by atoms with Crippen molar-refractivity contribution >= 4 is 5.96 Å². The molecule has 0 saturated carbocycles. The van der Waals surface area contributed by atoms with Gasteiger partial charge in [0.25, 0.3) is 0 Å². The summed E-state index contributed by atoms with van der Waals surface area (Å²) in [5.74, 6) is 1.53. The molecule has 1 aliphatic rings. The van der Waals surface area contributed by atoms with Gasteiger partial charge in [-0.15, -0.1) is 0 Å². The number of piperidine rings is 1. The van der Waals surface area contributed by atoms with E-state index in [9.17, 15) is 0 Å². The first-order chi connectivity index (χ1) is 7.24. The summed E-state index contributed by atoms with van der Waals surface area (Å²) in [5.41, 5.74) is 5.97. The van der Waals surface area contributed by atoms with Gasteiger partial charge < -0.3 is 10.6 Å². The molecule has 1 fully saturated rings. The van der Waals surface area contributed by atoms with Gasteiger partial charge in [0.2, 0.25) is 0 Å². The number of guanidine groups is 1. The molecule has 88 valence electrons. The van der Waals surface area contributed by atoms with Crippen LogP contribution in [-0.4, -0.2) is 30.5 Å². The molecule has 0 radical (unpaired) electrons. The summed E-state index contributed by atoms with van der Waals surface area (Å²) in [7, 11) is 0. The van der Waals surface area contributed by atoms with E-state index in [0.717, 1.165) is 31.5 Å². The van der Waals surface area contributed by atoms with Crippen molar-refractivity contribution in [3.8, 4) is 0 Å². The number of hydrogen-bond donors (Lipinski definition) is 1. The Kier molecular flexibility index (Phi) is 5.51. The largest absolute Gasteiger partial charge is 0.370 e. The molecule has 3 heteroatoms. The summed E-state index contributed by atoms with van der Waals surface area (Å²) in [6, 6.07) is 0. The molecule has 0 spiro atoms. The molecule has 0 bridgehead atoms. The van der Waals surface area contributed by atoms with Crippen LogP contribution in [0.4, 0.5) is 0 Å². The second kappa shape index (κ2) is 6.70. The molecule has 1 unspecified atom stereocenters. The third-order valence-electron chi connectivity index (χ3n) is 3.02. The molecule has 0 amide bonds. The van der Waals surface area contributed by atoms with Crippen molar-refractivity contribution in [2.75, 3.05) is 19.6 Å². The minimum atomic E-state index is 0.762. The van der Waals surface area contributed by atoms with Gasteiger partial charge >= 0.3 is 0 Å². The number of nitrogens with two attached hydrogens (primary N) is 1. The minimum Gasteiger partial charge on any atom is -0.370 e. The van der Waals surface area contributed by atoms with E-state index in [1.807, 2.05) is 0 Å². The SMILES string of the molecule is CCCCCN=C(N)N1CCCC(C)C1. The lowest BCUT2D eigenvalue weighted by molar-refractivity contribution is 0.270. The molecule has 0 aliphatic carbocycles. The Morgan fingerprint density at radius 3 is 2.93 bits per heavy atom. The van der Waals surface area contributed by atoms with Gasteiger partial charge in [-0.05, 0) is 25.2 Å². The van der Waals surface area contributed by atoms with Gasteiger partial charge in [0, 0.05) is 19.6 Å². The molecule has 1 aliphatic heterocycles. The van der Waals surface area contributed by atoms with Crippen molar-refractivity contribution in [3.05, 3.63) is 0 Å². The average Bonchev–Trinajstić information content (AvgIpc) is 2.24. The first-order valence-electron chi connectivity index (χ1n) is 6.29. The fourth-order valence-corrected chi connectivity index (χ4v) is 2.05. The lowest BCUT2D eigenvalue weighted by atomic mass is 10.0. The van der Waals surface area contributed by atoms with Gasteiger partial charge in [-0.2, -0.15) is 0 Å². The smallest absolute Gasteiger partial charge is 0.191 e. The van der Waals surface area contributed by atoms with Crippen molar-refractivity contribution < 1.29 is 0 Å². The average molecular weight is 211 g/mol. The summed E-state index contributed by atoms with van der Waals surface area (Å²) in [4.78, 5) is 6.68. The van der Waals surface area contributed by atoms with Crippen molar-refractivity contribution in [2.45, 2.75) is 46.0 Å². The van der Waals surface area contributed by atoms with E-state index in [0.29, 0.717) is 0 Å². The van der Waals surface area contributed by atoms with Gasteiger partial charge in [-0.3, -0.25) is 4.99 Å². The monoisotopic (exact) mass is 211 g/mol. The number of likely N-dealkylation sites (tertiary alicyclic amines) is 1. The van der Waals surface area contributed by atoms with Crippen LogP contribution in [0.1, 0.15) is 46.0 Å². The van der Waals surface area contributed by atoms with E-state index >= 15 is 0 Å². The Bertz CT molecular complexity index is 201. The Morgan fingerprint density at radius 2 is 2.27 bits per heavy atom. The van der Waals surface area contributed by atoms with Crippen LogP contribution in [0.15, 0.2) is 4.99 Å². The third-order valence-corrected chi connectivity index (χ3v) is 3.02. The lowest BCUT2D eigenvalue weighted by Crippen LogP contribution is -2.43. The van der Waals surface area contributed by atoms with Crippen LogP contribution < -0.4 is 5.73 Å². The standard InChI is InChI=1S/C12H25N3/c1-3-4-5-8-14-12(13)15-9-6-7-11(2)10-15/h11H,3-10H2,1-2H3,(H2,13,14). The molecule has 0 aromatic heterocycles. The van der Waals surface area contributed by atoms with Crippen molar-refractivity contribution in [1.82, 2.24) is 4.90 Å². The molecule has 3 nitrogen and oxygen atoms in total. The highest BCUT2D eigenvalue weighted by atomic mass is 15.3. The number of rotatable bonds is 4. The van der Waals surface area contributed by atoms with Gasteiger partial charge in [0.05, 0.1) is 0 Å². The van der Waals surface area contributed by atoms with Crippen molar-refractivity contribution in [2.24, 2.45) is 16.6 Å². The highest BCUT2D eigenvalue weighted by molar-refractivity contribution is 5.78. The Balaban J connectivity index is 2.27. The maximum absolute atomic E-state index is 5.97. The fourth-order valence-electron chi connectivity index (χ4n) is 2.05. The van der Waals surface area contributed by atoms with Gasteiger partial charge in [-0.1, -0.05) is 26.7 Å². The van der Waals surface area contributed by atoms with Crippen molar-refractivity contribution in [3.63, 3.8) is 0 Å². The molecule has 15 heavy (non-hydrogen) atoms. The molecule has 1 rings (SSSR count). The molecule has 1 saturated heterocycles. The van der Waals surface area contributed by atoms with Crippen molar-refractivity contribution in [1.29, 1.82) is 0 Å². The minimum absolute atomic E-state index is 0.762. The predicted octanol–water partition coefficient (Wildman–Crippen LogP) is 2.22. The molecule has 0 aromatic rings. The summed E-state index contributed by atoms with van der Waals surface area (Å²) in [6.07, 6.45) is 6.26. The second-order valence-corrected chi connectivity index (χ2v) is 4.64. The Hall–Kier alpha value is -0.730. The van der Waals surface area contributed by atoms with Gasteiger partial charge in [0.15, 0.2) is 5.96 Å². The fraction of sp³-hybridized carbons (Fsp3) is 0.917. The normalized spacial score (nSPS) is 23.2. The second-order valence-electron chi connectivity index (χ2n) is 4.64. The maximum atomic E-state index is 5.97. The van der Waals surface area contributed by atoms with Crippen LogP contribution in [0.3, 0.4) is 0 Å². The van der Waals surface area contributed by atoms with Crippen LogP contribution in [0, 0.1) is 5.92 Å². The van der Waals surface area contributed by atoms with E-state index in [2.05, 4.69) is 23.7 Å². The van der Waals surface area contributed by atoms with Crippen LogP contribution in [0.25, 0.3) is 0 Å². The van der Waals surface area contributed by atoms with E-state index in [1.165, 1.54) is 32.1 Å². The summed E-state index contributed by atoms with van der Waals surface area (Å²) in [6.45, 7) is 7.57. The van der Waals surface area contributed by atoms with Gasteiger partial charge in [-0.25, -0.2) is 0 Å². The highest BCUT2D eigenvalue weighted by Gasteiger charge is 2.17. The van der Waals surface area contributed by atoms with Crippen LogP contribution in [0.5, 0.6) is 0 Å². The van der Waals surface area contributed by atoms with Crippen LogP contribution >= 0.6 is 0 Å². The zero-order valence-corrected chi connectivity index (χ0v) is 10.2. The number of hydrogen-bond acceptors (Lipinski definition) is 1. The predicted molar refractivity (Wildman–Crippen MR) is 66.0 cm³/mol. The van der Waals surface area contributed by atoms with E-state index < -0.39 is 0 Å². The number of nitrogens with zero attached hydrogens (tertiary/aromatic N) is 2. The first-order valence-corrected chi connectivity index (χ1v) is 6.29. The number of aliphatic imine (C=N–C) groups is 1. The highest BCUT2D eigenvalue weighted by Crippen LogP contribution is 2.14. The van der Waals surface area contributed by atoms with Crippen LogP contribution in [-0.2, 0) is 0 Å². The lowest BCUT2D eigenvalue weighted by Gasteiger charge is -2.31. The molecular weight excluding hydrogens is 186 g/mol. The molecule has 1 heterocycles. The molecule has 2 N–H and O–H groups in total. The topological polar surface area (TPSA) is 41.6 Å². The third kappa shape index (κ3) is 4.54.